The smallest absolute Gasteiger partial charge is 0.246 e. The number of nitrogens with one attached hydrogen (secondary N) is 1. The van der Waals surface area contributed by atoms with Gasteiger partial charge in [0, 0.05) is 0 Å². The second-order valence-corrected chi connectivity index (χ2v) is 4.86. The van der Waals surface area contributed by atoms with E-state index in [1.165, 1.54) is 0 Å². The molecule has 2 aromatic rings. The molecule has 0 fully saturated rings. The number of hydrogen-bond acceptors (Lipinski definition) is 4. The van der Waals surface area contributed by atoms with Gasteiger partial charge in [-0.05, 0) is 29.8 Å². The van der Waals surface area contributed by atoms with Gasteiger partial charge in [-0.25, -0.2) is 0 Å². The number of para-hydroxylation sites is 1. The zero-order chi connectivity index (χ0) is 16.3. The van der Waals surface area contributed by atoms with E-state index in [4.69, 9.17) is 14.2 Å². The van der Waals surface area contributed by atoms with Crippen LogP contribution in [0.15, 0.2) is 54.6 Å². The van der Waals surface area contributed by atoms with Crippen molar-refractivity contribution >= 4 is 5.91 Å². The summed E-state index contributed by atoms with van der Waals surface area (Å²) in [4.78, 5) is 11.7. The van der Waals surface area contributed by atoms with Crippen LogP contribution in [0.2, 0.25) is 0 Å². The zero-order valence-electron chi connectivity index (χ0n) is 13.2. The van der Waals surface area contributed by atoms with Crippen molar-refractivity contribution in [1.82, 2.24) is 5.32 Å². The van der Waals surface area contributed by atoms with E-state index in [0.717, 1.165) is 17.1 Å². The Morgan fingerprint density at radius 3 is 2.61 bits per heavy atom. The van der Waals surface area contributed by atoms with Gasteiger partial charge in [-0.1, -0.05) is 30.3 Å². The van der Waals surface area contributed by atoms with E-state index in [1.807, 2.05) is 54.6 Å². The summed E-state index contributed by atoms with van der Waals surface area (Å²) < 4.78 is 16.0. The SMILES string of the molecule is COc1cccc(COCC(=O)NCCOc2ccccc2)c1. The summed E-state index contributed by atoms with van der Waals surface area (Å²) in [6, 6.07) is 17.0. The first kappa shape index (κ1) is 16.8. The molecule has 5 nitrogen and oxygen atoms in total. The Bertz CT molecular complexity index is 601. The summed E-state index contributed by atoms with van der Waals surface area (Å²) in [5.41, 5.74) is 0.963. The summed E-state index contributed by atoms with van der Waals surface area (Å²) in [6.45, 7) is 1.25. The van der Waals surface area contributed by atoms with Crippen molar-refractivity contribution in [3.8, 4) is 11.5 Å². The molecule has 2 aromatic carbocycles. The lowest BCUT2D eigenvalue weighted by molar-refractivity contribution is -0.126. The minimum atomic E-state index is -0.162. The number of amides is 1. The standard InChI is InChI=1S/C18H21NO4/c1-21-17-9-5-6-15(12-17)13-22-14-18(20)19-10-11-23-16-7-3-2-4-8-16/h2-9,12H,10-11,13-14H2,1H3,(H,19,20). The Kier molecular flexibility index (Phi) is 6.94. The van der Waals surface area contributed by atoms with Crippen molar-refractivity contribution in [3.63, 3.8) is 0 Å². The first-order chi connectivity index (χ1) is 11.3. The third-order valence-electron chi connectivity index (χ3n) is 3.07. The van der Waals surface area contributed by atoms with Crippen LogP contribution in [0.1, 0.15) is 5.56 Å². The van der Waals surface area contributed by atoms with Crippen molar-refractivity contribution in [2.24, 2.45) is 0 Å². The molecule has 0 saturated heterocycles. The van der Waals surface area contributed by atoms with E-state index < -0.39 is 0 Å². The largest absolute Gasteiger partial charge is 0.497 e. The predicted octanol–water partition coefficient (Wildman–Crippen LogP) is 2.41. The maximum Gasteiger partial charge on any atom is 0.246 e. The van der Waals surface area contributed by atoms with Crippen LogP contribution >= 0.6 is 0 Å². The number of ether oxygens (including phenoxy) is 3. The second-order valence-electron chi connectivity index (χ2n) is 4.86. The van der Waals surface area contributed by atoms with Gasteiger partial charge >= 0.3 is 0 Å². The first-order valence-electron chi connectivity index (χ1n) is 7.43. The lowest BCUT2D eigenvalue weighted by atomic mass is 10.2. The van der Waals surface area contributed by atoms with E-state index in [-0.39, 0.29) is 12.5 Å². The molecule has 0 spiro atoms. The molecule has 0 aliphatic rings. The highest BCUT2D eigenvalue weighted by Crippen LogP contribution is 2.13. The quantitative estimate of drug-likeness (QED) is 0.722. The molecule has 0 radical (unpaired) electrons. The molecule has 23 heavy (non-hydrogen) atoms. The van der Waals surface area contributed by atoms with E-state index in [2.05, 4.69) is 5.32 Å². The van der Waals surface area contributed by atoms with Crippen LogP contribution in [-0.2, 0) is 16.1 Å². The average molecular weight is 315 g/mol. The molecule has 1 amide bonds. The molecule has 0 aromatic heterocycles. The fourth-order valence-corrected chi connectivity index (χ4v) is 1.95. The molecule has 0 aliphatic carbocycles. The Labute approximate surface area is 136 Å². The van der Waals surface area contributed by atoms with Gasteiger partial charge in [-0.2, -0.15) is 0 Å². The molecular formula is C18H21NO4. The molecule has 0 aliphatic heterocycles. The van der Waals surface area contributed by atoms with Gasteiger partial charge in [0.25, 0.3) is 0 Å². The highest BCUT2D eigenvalue weighted by atomic mass is 16.5. The van der Waals surface area contributed by atoms with Crippen LogP contribution in [0.5, 0.6) is 11.5 Å². The molecular weight excluding hydrogens is 294 g/mol. The van der Waals surface area contributed by atoms with Crippen LogP contribution in [-0.4, -0.2) is 32.8 Å². The van der Waals surface area contributed by atoms with E-state index in [9.17, 15) is 4.79 Å². The summed E-state index contributed by atoms with van der Waals surface area (Å²) in [6.07, 6.45) is 0. The molecule has 0 heterocycles. The molecule has 0 saturated carbocycles. The van der Waals surface area contributed by atoms with Gasteiger partial charge in [0.05, 0.1) is 20.3 Å². The number of methoxy groups -OCH3 is 1. The fourth-order valence-electron chi connectivity index (χ4n) is 1.95. The number of benzene rings is 2. The first-order valence-corrected chi connectivity index (χ1v) is 7.43. The van der Waals surface area contributed by atoms with Gasteiger partial charge < -0.3 is 19.5 Å². The van der Waals surface area contributed by atoms with E-state index in [1.54, 1.807) is 7.11 Å². The molecule has 0 atom stereocenters. The molecule has 0 bridgehead atoms. The summed E-state index contributed by atoms with van der Waals surface area (Å²) in [5.74, 6) is 1.40. The van der Waals surface area contributed by atoms with Crippen molar-refractivity contribution in [2.75, 3.05) is 26.9 Å². The monoisotopic (exact) mass is 315 g/mol. The third kappa shape index (κ3) is 6.40. The zero-order valence-corrected chi connectivity index (χ0v) is 13.2. The third-order valence-corrected chi connectivity index (χ3v) is 3.07. The van der Waals surface area contributed by atoms with Crippen LogP contribution in [0.3, 0.4) is 0 Å². The highest BCUT2D eigenvalue weighted by Gasteiger charge is 2.02. The van der Waals surface area contributed by atoms with Crippen LogP contribution in [0.25, 0.3) is 0 Å². The van der Waals surface area contributed by atoms with Crippen molar-refractivity contribution in [2.45, 2.75) is 6.61 Å². The van der Waals surface area contributed by atoms with E-state index >= 15 is 0 Å². The summed E-state index contributed by atoms with van der Waals surface area (Å²) >= 11 is 0. The Hall–Kier alpha value is -2.53. The molecule has 5 heteroatoms. The number of hydrogen-bond donors (Lipinski definition) is 1. The van der Waals surface area contributed by atoms with Crippen LogP contribution in [0.4, 0.5) is 0 Å². The van der Waals surface area contributed by atoms with Crippen molar-refractivity contribution in [3.05, 3.63) is 60.2 Å². The molecule has 0 unspecified atom stereocenters. The lowest BCUT2D eigenvalue weighted by Gasteiger charge is -2.08. The normalized spacial score (nSPS) is 10.1. The van der Waals surface area contributed by atoms with Gasteiger partial charge in [-0.15, -0.1) is 0 Å². The van der Waals surface area contributed by atoms with Crippen molar-refractivity contribution in [1.29, 1.82) is 0 Å². The molecule has 1 N–H and O–H groups in total. The number of carbonyl (C=O) groups is 1. The summed E-state index contributed by atoms with van der Waals surface area (Å²) in [7, 11) is 1.62. The second kappa shape index (κ2) is 9.48. The molecule has 122 valence electrons. The van der Waals surface area contributed by atoms with Gasteiger partial charge in [0.1, 0.15) is 24.7 Å². The Morgan fingerprint density at radius 1 is 1.04 bits per heavy atom. The van der Waals surface area contributed by atoms with E-state index in [0.29, 0.717) is 19.8 Å². The topological polar surface area (TPSA) is 56.8 Å². The van der Waals surface area contributed by atoms with Gasteiger partial charge in [-0.3, -0.25) is 4.79 Å². The number of carbonyl (C=O) groups excluding carboxylic acids is 1. The number of rotatable bonds is 9. The van der Waals surface area contributed by atoms with Gasteiger partial charge in [0.15, 0.2) is 0 Å². The fraction of sp³-hybridized carbons (Fsp3) is 0.278. The van der Waals surface area contributed by atoms with Crippen molar-refractivity contribution < 1.29 is 19.0 Å². The minimum absolute atomic E-state index is 0.0164. The highest BCUT2D eigenvalue weighted by molar-refractivity contribution is 5.77. The maximum absolute atomic E-state index is 11.7. The minimum Gasteiger partial charge on any atom is -0.497 e. The molecule has 2 rings (SSSR count). The van der Waals surface area contributed by atoms with Crippen LogP contribution < -0.4 is 14.8 Å². The maximum atomic E-state index is 11.7. The Balaban J connectivity index is 1.58. The predicted molar refractivity (Wildman–Crippen MR) is 87.6 cm³/mol. The lowest BCUT2D eigenvalue weighted by Crippen LogP contribution is -2.31. The summed E-state index contributed by atoms with van der Waals surface area (Å²) in [5, 5.41) is 2.75. The van der Waals surface area contributed by atoms with Crippen LogP contribution in [0, 0.1) is 0 Å². The average Bonchev–Trinajstić information content (AvgIpc) is 2.60. The Morgan fingerprint density at radius 2 is 1.83 bits per heavy atom. The van der Waals surface area contributed by atoms with Gasteiger partial charge in [0.2, 0.25) is 5.91 Å².